The van der Waals surface area contributed by atoms with Crippen LogP contribution in [0.2, 0.25) is 0 Å². The number of nitrogens with one attached hydrogen (secondary N) is 1. The molecule has 0 aromatic rings. The molecule has 17 heavy (non-hydrogen) atoms. The van der Waals surface area contributed by atoms with E-state index in [0.29, 0.717) is 0 Å². The predicted octanol–water partition coefficient (Wildman–Crippen LogP) is 2.53. The standard InChI is InChI=1S/C14H27N3/c1-4-10-17(13-7-8-13)11-6-9-14(3,12-15)16-5-2/h13,16H,4-11H2,1-3H3. The van der Waals surface area contributed by atoms with Crippen molar-refractivity contribution in [2.75, 3.05) is 19.6 Å². The second-order valence-electron chi connectivity index (χ2n) is 5.34. The lowest BCUT2D eigenvalue weighted by Gasteiger charge is -2.25. The van der Waals surface area contributed by atoms with Gasteiger partial charge in [-0.2, -0.15) is 5.26 Å². The van der Waals surface area contributed by atoms with Crippen molar-refractivity contribution in [2.24, 2.45) is 0 Å². The number of hydrogen-bond acceptors (Lipinski definition) is 3. The van der Waals surface area contributed by atoms with Crippen LogP contribution in [0.25, 0.3) is 0 Å². The molecule has 0 heterocycles. The first-order chi connectivity index (χ1) is 8.15. The Labute approximate surface area is 106 Å². The summed E-state index contributed by atoms with van der Waals surface area (Å²) in [6.45, 7) is 9.55. The van der Waals surface area contributed by atoms with Crippen LogP contribution in [-0.4, -0.2) is 36.1 Å². The molecule has 1 aliphatic rings. The molecule has 1 unspecified atom stereocenters. The molecule has 1 N–H and O–H groups in total. The third-order valence-corrected chi connectivity index (χ3v) is 3.51. The van der Waals surface area contributed by atoms with E-state index < -0.39 is 0 Å². The Morgan fingerprint density at radius 3 is 2.53 bits per heavy atom. The van der Waals surface area contributed by atoms with Crippen molar-refractivity contribution >= 4 is 0 Å². The summed E-state index contributed by atoms with van der Waals surface area (Å²) in [6, 6.07) is 3.25. The van der Waals surface area contributed by atoms with Gasteiger partial charge in [-0.1, -0.05) is 13.8 Å². The zero-order chi connectivity index (χ0) is 12.7. The molecule has 0 amide bonds. The Morgan fingerprint density at radius 1 is 1.35 bits per heavy atom. The van der Waals surface area contributed by atoms with E-state index in [4.69, 9.17) is 0 Å². The van der Waals surface area contributed by atoms with Crippen LogP contribution >= 0.6 is 0 Å². The van der Waals surface area contributed by atoms with E-state index in [1.807, 2.05) is 6.92 Å². The minimum absolute atomic E-state index is 0.337. The van der Waals surface area contributed by atoms with E-state index in [1.54, 1.807) is 0 Å². The Kier molecular flexibility index (Phi) is 5.94. The second-order valence-corrected chi connectivity index (χ2v) is 5.34. The first kappa shape index (κ1) is 14.5. The number of nitrogens with zero attached hydrogens (tertiary/aromatic N) is 2. The Hall–Kier alpha value is -0.590. The molecule has 0 aliphatic heterocycles. The maximum Gasteiger partial charge on any atom is 0.103 e. The van der Waals surface area contributed by atoms with Crippen molar-refractivity contribution in [2.45, 2.75) is 64.5 Å². The summed E-state index contributed by atoms with van der Waals surface area (Å²) >= 11 is 0. The molecule has 0 aromatic heterocycles. The highest BCUT2D eigenvalue weighted by Gasteiger charge is 2.29. The van der Waals surface area contributed by atoms with Crippen molar-refractivity contribution in [3.05, 3.63) is 0 Å². The summed E-state index contributed by atoms with van der Waals surface area (Å²) in [5, 5.41) is 12.5. The molecule has 3 heteroatoms. The SMILES string of the molecule is CCCN(CCCC(C)(C#N)NCC)C1CC1. The van der Waals surface area contributed by atoms with E-state index in [9.17, 15) is 5.26 Å². The molecule has 1 rings (SSSR count). The zero-order valence-corrected chi connectivity index (χ0v) is 11.6. The highest BCUT2D eigenvalue weighted by atomic mass is 15.2. The Morgan fingerprint density at radius 2 is 2.06 bits per heavy atom. The highest BCUT2D eigenvalue weighted by molar-refractivity contribution is 5.03. The van der Waals surface area contributed by atoms with Crippen molar-refractivity contribution in [1.82, 2.24) is 10.2 Å². The monoisotopic (exact) mass is 237 g/mol. The minimum atomic E-state index is -0.337. The number of hydrogen-bond donors (Lipinski definition) is 1. The molecule has 0 radical (unpaired) electrons. The molecule has 3 nitrogen and oxygen atoms in total. The van der Waals surface area contributed by atoms with E-state index in [0.717, 1.165) is 32.0 Å². The molecule has 0 saturated heterocycles. The predicted molar refractivity (Wildman–Crippen MR) is 71.8 cm³/mol. The van der Waals surface area contributed by atoms with Gasteiger partial charge < -0.3 is 4.90 Å². The third-order valence-electron chi connectivity index (χ3n) is 3.51. The van der Waals surface area contributed by atoms with Gasteiger partial charge in [0.05, 0.1) is 6.07 Å². The molecule has 1 aliphatic carbocycles. The fraction of sp³-hybridized carbons (Fsp3) is 0.929. The van der Waals surface area contributed by atoms with Crippen LogP contribution in [0.1, 0.15) is 52.9 Å². The van der Waals surface area contributed by atoms with E-state index in [2.05, 4.69) is 30.1 Å². The molecule has 0 bridgehead atoms. The summed E-state index contributed by atoms with van der Waals surface area (Å²) < 4.78 is 0. The van der Waals surface area contributed by atoms with Crippen LogP contribution in [0.5, 0.6) is 0 Å². The van der Waals surface area contributed by atoms with Gasteiger partial charge in [0.15, 0.2) is 0 Å². The van der Waals surface area contributed by atoms with Gasteiger partial charge >= 0.3 is 0 Å². The van der Waals surface area contributed by atoms with Gasteiger partial charge in [0.25, 0.3) is 0 Å². The van der Waals surface area contributed by atoms with Crippen LogP contribution in [-0.2, 0) is 0 Å². The van der Waals surface area contributed by atoms with E-state index in [-0.39, 0.29) is 5.54 Å². The maximum absolute atomic E-state index is 9.18. The summed E-state index contributed by atoms with van der Waals surface area (Å²) in [5.41, 5.74) is -0.337. The zero-order valence-electron chi connectivity index (χ0n) is 11.6. The van der Waals surface area contributed by atoms with Crippen molar-refractivity contribution in [3.63, 3.8) is 0 Å². The van der Waals surface area contributed by atoms with Crippen LogP contribution in [0.3, 0.4) is 0 Å². The van der Waals surface area contributed by atoms with Gasteiger partial charge in [0.2, 0.25) is 0 Å². The normalized spacial score (nSPS) is 19.0. The van der Waals surface area contributed by atoms with Gasteiger partial charge in [0.1, 0.15) is 5.54 Å². The first-order valence-corrected chi connectivity index (χ1v) is 7.05. The highest BCUT2D eigenvalue weighted by Crippen LogP contribution is 2.27. The number of rotatable bonds is 9. The van der Waals surface area contributed by atoms with Gasteiger partial charge in [0, 0.05) is 6.04 Å². The number of nitriles is 1. The molecule has 0 spiro atoms. The Balaban J connectivity index is 2.26. The average Bonchev–Trinajstić information content (AvgIpc) is 3.12. The van der Waals surface area contributed by atoms with Gasteiger partial charge in [-0.25, -0.2) is 0 Å². The fourth-order valence-corrected chi connectivity index (χ4v) is 2.41. The first-order valence-electron chi connectivity index (χ1n) is 7.05. The van der Waals surface area contributed by atoms with Crippen LogP contribution in [0, 0.1) is 11.3 Å². The average molecular weight is 237 g/mol. The summed E-state index contributed by atoms with van der Waals surface area (Å²) in [4.78, 5) is 2.60. The lowest BCUT2D eigenvalue weighted by atomic mass is 9.97. The maximum atomic E-state index is 9.18. The van der Waals surface area contributed by atoms with E-state index >= 15 is 0 Å². The molecule has 1 saturated carbocycles. The van der Waals surface area contributed by atoms with Crippen molar-refractivity contribution in [1.29, 1.82) is 5.26 Å². The van der Waals surface area contributed by atoms with Crippen LogP contribution in [0.4, 0.5) is 0 Å². The summed E-state index contributed by atoms with van der Waals surface area (Å²) in [7, 11) is 0. The molecule has 0 aromatic carbocycles. The summed E-state index contributed by atoms with van der Waals surface area (Å²) in [6.07, 6.45) is 6.06. The molecular weight excluding hydrogens is 210 g/mol. The largest absolute Gasteiger partial charge is 0.300 e. The smallest absolute Gasteiger partial charge is 0.103 e. The lowest BCUT2D eigenvalue weighted by molar-refractivity contribution is 0.248. The quantitative estimate of drug-likeness (QED) is 0.670. The van der Waals surface area contributed by atoms with Crippen LogP contribution < -0.4 is 5.32 Å². The van der Waals surface area contributed by atoms with E-state index in [1.165, 1.54) is 25.8 Å². The topological polar surface area (TPSA) is 39.1 Å². The molecule has 1 fully saturated rings. The van der Waals surface area contributed by atoms with Gasteiger partial charge in [-0.3, -0.25) is 5.32 Å². The van der Waals surface area contributed by atoms with Crippen molar-refractivity contribution < 1.29 is 0 Å². The summed E-state index contributed by atoms with van der Waals surface area (Å²) in [5.74, 6) is 0. The molecule has 1 atom stereocenters. The van der Waals surface area contributed by atoms with Gasteiger partial charge in [-0.15, -0.1) is 0 Å². The second kappa shape index (κ2) is 6.98. The van der Waals surface area contributed by atoms with Crippen LogP contribution in [0.15, 0.2) is 0 Å². The molecule has 98 valence electrons. The lowest BCUT2D eigenvalue weighted by Crippen LogP contribution is -2.41. The van der Waals surface area contributed by atoms with Crippen molar-refractivity contribution in [3.8, 4) is 6.07 Å². The molecular formula is C14H27N3. The fourth-order valence-electron chi connectivity index (χ4n) is 2.41. The Bertz CT molecular complexity index is 255. The minimum Gasteiger partial charge on any atom is -0.300 e. The third kappa shape index (κ3) is 5.06. The van der Waals surface area contributed by atoms with Gasteiger partial charge in [-0.05, 0) is 58.7 Å².